The maximum atomic E-state index is 12.3. The van der Waals surface area contributed by atoms with E-state index in [4.69, 9.17) is 4.74 Å². The van der Waals surface area contributed by atoms with Crippen LogP contribution in [-0.4, -0.2) is 53.3 Å². The lowest BCUT2D eigenvalue weighted by atomic mass is 10.0. The predicted octanol–water partition coefficient (Wildman–Crippen LogP) is 2.33. The monoisotopic (exact) mass is 354 g/mol. The third kappa shape index (κ3) is 3.99. The Kier molecular flexibility index (Phi) is 5.46. The van der Waals surface area contributed by atoms with Gasteiger partial charge in [-0.2, -0.15) is 10.2 Å². The van der Waals surface area contributed by atoms with Gasteiger partial charge in [0.15, 0.2) is 0 Å². The Morgan fingerprint density at radius 1 is 1.27 bits per heavy atom. The highest BCUT2D eigenvalue weighted by Gasteiger charge is 2.19. The van der Waals surface area contributed by atoms with Gasteiger partial charge in [0, 0.05) is 30.8 Å². The summed E-state index contributed by atoms with van der Waals surface area (Å²) in [6.07, 6.45) is 2.24. The molecule has 1 aromatic carbocycles. The predicted molar refractivity (Wildman–Crippen MR) is 96.8 cm³/mol. The average Bonchev–Trinajstić information content (AvgIpc) is 2.65. The van der Waals surface area contributed by atoms with Crippen molar-refractivity contribution >= 4 is 12.0 Å². The summed E-state index contributed by atoms with van der Waals surface area (Å²) in [7, 11) is 0. The summed E-state index contributed by atoms with van der Waals surface area (Å²) in [6, 6.07) is 7.27. The van der Waals surface area contributed by atoms with Crippen molar-refractivity contribution in [3.8, 4) is 11.3 Å². The Balaban J connectivity index is 1.58. The van der Waals surface area contributed by atoms with Crippen molar-refractivity contribution in [3.05, 3.63) is 47.2 Å². The van der Waals surface area contributed by atoms with Crippen LogP contribution in [0.3, 0.4) is 0 Å². The molecule has 0 radical (unpaired) electrons. The van der Waals surface area contributed by atoms with Gasteiger partial charge in [0.2, 0.25) is 0 Å². The molecule has 2 amide bonds. The van der Waals surface area contributed by atoms with Crippen LogP contribution in [0.1, 0.15) is 27.9 Å². The summed E-state index contributed by atoms with van der Waals surface area (Å²) in [5.41, 5.74) is 4.46. The number of rotatable bonds is 5. The number of hydrogen-bond donors (Lipinski definition) is 1. The summed E-state index contributed by atoms with van der Waals surface area (Å²) in [4.78, 5) is 25.4. The Morgan fingerprint density at radius 3 is 2.77 bits per heavy atom. The lowest BCUT2D eigenvalue weighted by Crippen LogP contribution is -2.42. The van der Waals surface area contributed by atoms with E-state index in [1.54, 1.807) is 23.2 Å². The Bertz CT molecular complexity index is 805. The van der Waals surface area contributed by atoms with Crippen LogP contribution < -0.4 is 5.32 Å². The maximum Gasteiger partial charge on any atom is 0.409 e. The van der Waals surface area contributed by atoms with E-state index in [-0.39, 0.29) is 12.0 Å². The first kappa shape index (κ1) is 17.8. The molecule has 1 N–H and O–H groups in total. The molecule has 1 aliphatic heterocycles. The molecule has 7 heteroatoms. The molecule has 0 saturated carbocycles. The summed E-state index contributed by atoms with van der Waals surface area (Å²) >= 11 is 0. The van der Waals surface area contributed by atoms with E-state index in [9.17, 15) is 9.59 Å². The van der Waals surface area contributed by atoms with Crippen molar-refractivity contribution in [1.29, 1.82) is 0 Å². The smallest absolute Gasteiger partial charge is 0.409 e. The van der Waals surface area contributed by atoms with E-state index in [0.29, 0.717) is 31.8 Å². The van der Waals surface area contributed by atoms with Gasteiger partial charge < -0.3 is 15.0 Å². The minimum atomic E-state index is -0.315. The van der Waals surface area contributed by atoms with E-state index >= 15 is 0 Å². The summed E-state index contributed by atoms with van der Waals surface area (Å²) in [6.45, 7) is 5.97. The number of amides is 2. The highest BCUT2D eigenvalue weighted by molar-refractivity contribution is 5.94. The van der Waals surface area contributed by atoms with Crippen LogP contribution in [0.4, 0.5) is 4.79 Å². The zero-order chi connectivity index (χ0) is 18.5. The van der Waals surface area contributed by atoms with E-state index in [1.165, 1.54) is 0 Å². The van der Waals surface area contributed by atoms with Gasteiger partial charge in [-0.3, -0.25) is 4.79 Å². The minimum Gasteiger partial charge on any atom is -0.449 e. The second kappa shape index (κ2) is 7.95. The van der Waals surface area contributed by atoms with Gasteiger partial charge in [0.25, 0.3) is 5.91 Å². The van der Waals surface area contributed by atoms with Gasteiger partial charge in [-0.15, -0.1) is 0 Å². The molecule has 1 fully saturated rings. The van der Waals surface area contributed by atoms with Gasteiger partial charge in [-0.25, -0.2) is 4.79 Å². The average molecular weight is 354 g/mol. The standard InChI is InChI=1S/C19H22N4O3/c1-13-12-21-22-17(14(13)2)15-4-6-16(7-5-15)18(24)20-8-10-23-9-3-11-26-19(23)25/h4-7,12H,3,8-11H2,1-2H3,(H,20,24). The molecule has 26 heavy (non-hydrogen) atoms. The molecule has 0 aliphatic carbocycles. The number of ether oxygens (including phenoxy) is 1. The van der Waals surface area contributed by atoms with Crippen molar-refractivity contribution in [1.82, 2.24) is 20.4 Å². The second-order valence-electron chi connectivity index (χ2n) is 6.29. The van der Waals surface area contributed by atoms with Crippen LogP contribution in [-0.2, 0) is 4.74 Å². The van der Waals surface area contributed by atoms with Crippen LogP contribution in [0.2, 0.25) is 0 Å². The normalized spacial score (nSPS) is 14.1. The lowest BCUT2D eigenvalue weighted by Gasteiger charge is -2.26. The number of carbonyl (C=O) groups is 2. The highest BCUT2D eigenvalue weighted by Crippen LogP contribution is 2.22. The fourth-order valence-corrected chi connectivity index (χ4v) is 2.79. The van der Waals surface area contributed by atoms with Crippen LogP contribution >= 0.6 is 0 Å². The van der Waals surface area contributed by atoms with Crippen LogP contribution in [0, 0.1) is 13.8 Å². The molecule has 3 rings (SSSR count). The fourth-order valence-electron chi connectivity index (χ4n) is 2.79. The Labute approximate surface area is 152 Å². The van der Waals surface area contributed by atoms with Gasteiger partial charge in [0.1, 0.15) is 0 Å². The lowest BCUT2D eigenvalue weighted by molar-refractivity contribution is 0.0719. The molecule has 7 nitrogen and oxygen atoms in total. The molecular formula is C19H22N4O3. The summed E-state index contributed by atoms with van der Waals surface area (Å²) < 4.78 is 4.97. The third-order valence-corrected chi connectivity index (χ3v) is 4.50. The van der Waals surface area contributed by atoms with Gasteiger partial charge in [-0.1, -0.05) is 12.1 Å². The number of cyclic esters (lactones) is 1. The van der Waals surface area contributed by atoms with Crippen molar-refractivity contribution in [2.45, 2.75) is 20.3 Å². The second-order valence-corrected chi connectivity index (χ2v) is 6.29. The SMILES string of the molecule is Cc1cnnc(-c2ccc(C(=O)NCCN3CCCOC3=O)cc2)c1C. The largest absolute Gasteiger partial charge is 0.449 e. The number of hydrogen-bond acceptors (Lipinski definition) is 5. The van der Waals surface area contributed by atoms with Gasteiger partial charge >= 0.3 is 6.09 Å². The zero-order valence-corrected chi connectivity index (χ0v) is 15.0. The molecular weight excluding hydrogens is 332 g/mol. The van der Waals surface area contributed by atoms with Gasteiger partial charge in [-0.05, 0) is 43.5 Å². The van der Waals surface area contributed by atoms with Crippen molar-refractivity contribution < 1.29 is 14.3 Å². The number of nitrogens with one attached hydrogen (secondary N) is 1. The maximum absolute atomic E-state index is 12.3. The van der Waals surface area contributed by atoms with Crippen LogP contribution in [0.25, 0.3) is 11.3 Å². The number of benzene rings is 1. The summed E-state index contributed by atoms with van der Waals surface area (Å²) in [5.74, 6) is -0.172. The van der Waals surface area contributed by atoms with E-state index in [2.05, 4.69) is 15.5 Å². The van der Waals surface area contributed by atoms with Crippen molar-refractivity contribution in [2.75, 3.05) is 26.2 Å². The molecule has 136 valence electrons. The molecule has 0 unspecified atom stereocenters. The molecule has 0 atom stereocenters. The molecule has 2 heterocycles. The Morgan fingerprint density at radius 2 is 2.04 bits per heavy atom. The number of nitrogens with zero attached hydrogens (tertiary/aromatic N) is 3. The van der Waals surface area contributed by atoms with Crippen molar-refractivity contribution in [3.63, 3.8) is 0 Å². The van der Waals surface area contributed by atoms with E-state index in [1.807, 2.05) is 26.0 Å². The first-order valence-electron chi connectivity index (χ1n) is 8.65. The van der Waals surface area contributed by atoms with E-state index < -0.39 is 0 Å². The third-order valence-electron chi connectivity index (χ3n) is 4.50. The first-order valence-corrected chi connectivity index (χ1v) is 8.65. The fraction of sp³-hybridized carbons (Fsp3) is 0.368. The topological polar surface area (TPSA) is 84.4 Å². The highest BCUT2D eigenvalue weighted by atomic mass is 16.6. The minimum absolute atomic E-state index is 0.172. The Hall–Kier alpha value is -2.96. The molecule has 1 aliphatic rings. The number of carbonyl (C=O) groups excluding carboxylic acids is 2. The zero-order valence-electron chi connectivity index (χ0n) is 15.0. The summed E-state index contributed by atoms with van der Waals surface area (Å²) in [5, 5.41) is 11.0. The van der Waals surface area contributed by atoms with Gasteiger partial charge in [0.05, 0.1) is 18.5 Å². The quantitative estimate of drug-likeness (QED) is 0.891. The molecule has 1 aromatic heterocycles. The van der Waals surface area contributed by atoms with Crippen molar-refractivity contribution in [2.24, 2.45) is 0 Å². The van der Waals surface area contributed by atoms with E-state index in [0.717, 1.165) is 28.8 Å². The number of aromatic nitrogens is 2. The first-order chi connectivity index (χ1) is 12.6. The van der Waals surface area contributed by atoms with Crippen LogP contribution in [0.15, 0.2) is 30.5 Å². The molecule has 0 spiro atoms. The number of aryl methyl sites for hydroxylation is 1. The van der Waals surface area contributed by atoms with Crippen LogP contribution in [0.5, 0.6) is 0 Å². The molecule has 2 aromatic rings. The molecule has 0 bridgehead atoms. The molecule has 1 saturated heterocycles.